The second-order valence-corrected chi connectivity index (χ2v) is 18.8. The van der Waals surface area contributed by atoms with Crippen molar-refractivity contribution in [3.05, 3.63) is 143 Å². The zero-order valence-corrected chi connectivity index (χ0v) is 32.5. The van der Waals surface area contributed by atoms with Gasteiger partial charge in [0.25, 0.3) is 0 Å². The Morgan fingerprint density at radius 3 is 2.46 bits per heavy atom. The minimum Gasteiger partial charge on any atom is -0.499 e. The molecule has 1 saturated carbocycles. The van der Waals surface area contributed by atoms with Crippen LogP contribution in [0.2, 0.25) is 19.6 Å². The Hall–Kier alpha value is -4.29. The molecule has 1 aliphatic carbocycles. The fourth-order valence-electron chi connectivity index (χ4n) is 6.34. The van der Waals surface area contributed by atoms with E-state index in [0.29, 0.717) is 50.0 Å². The maximum absolute atomic E-state index is 14.7. The van der Waals surface area contributed by atoms with Gasteiger partial charge in [-0.15, -0.1) is 47.5 Å². The SMILES string of the molecule is [2H]C([2H])([2H])c1c[c-]c(-c2cc(C([2H])([2H])c3ccccc3)c([Si](C)(C)C)cn2)c(F)c1.[2H]C([2H])([2H])c1ccc2oc3c[c-]c(-c4cc(C([2H])([2H])C5CCCC5)ccn4)cc3c2n1.[Ir]. The van der Waals surface area contributed by atoms with Crippen molar-refractivity contribution in [2.75, 3.05) is 0 Å². The first-order valence-electron chi connectivity index (χ1n) is 22.1. The van der Waals surface area contributed by atoms with Crippen LogP contribution in [0.1, 0.15) is 67.3 Å². The molecular formula is C45H44FIrN3OSi-2. The van der Waals surface area contributed by atoms with Gasteiger partial charge in [0.1, 0.15) is 5.58 Å². The van der Waals surface area contributed by atoms with Gasteiger partial charge in [-0.05, 0) is 71.2 Å². The summed E-state index contributed by atoms with van der Waals surface area (Å²) in [7, 11) is -1.97. The maximum atomic E-state index is 14.7. The molecule has 1 radical (unpaired) electrons. The topological polar surface area (TPSA) is 51.8 Å². The maximum Gasteiger partial charge on any atom is 0.139 e. The van der Waals surface area contributed by atoms with Crippen molar-refractivity contribution in [3.8, 4) is 22.5 Å². The first-order chi connectivity index (χ1) is 28.5. The molecule has 8 rings (SSSR count). The van der Waals surface area contributed by atoms with Gasteiger partial charge in [0.15, 0.2) is 0 Å². The fourth-order valence-corrected chi connectivity index (χ4v) is 7.74. The Morgan fingerprint density at radius 2 is 1.71 bits per heavy atom. The molecule has 0 unspecified atom stereocenters. The van der Waals surface area contributed by atoms with Crippen LogP contribution in [0.4, 0.5) is 4.39 Å². The summed E-state index contributed by atoms with van der Waals surface area (Å²) in [5.74, 6) is -0.724. The summed E-state index contributed by atoms with van der Waals surface area (Å²) in [4.78, 5) is 13.2. The van der Waals surface area contributed by atoms with E-state index in [0.717, 1.165) is 36.9 Å². The number of fused-ring (bicyclic) bond motifs is 3. The van der Waals surface area contributed by atoms with Crippen molar-refractivity contribution >= 4 is 35.3 Å². The van der Waals surface area contributed by atoms with Crippen molar-refractivity contribution in [1.29, 1.82) is 0 Å². The van der Waals surface area contributed by atoms with E-state index in [1.807, 2.05) is 12.1 Å². The predicted octanol–water partition coefficient (Wildman–Crippen LogP) is 11.0. The van der Waals surface area contributed by atoms with E-state index in [4.69, 9.17) is 18.1 Å². The molecule has 3 aromatic carbocycles. The van der Waals surface area contributed by atoms with Gasteiger partial charge in [-0.1, -0.05) is 111 Å². The molecule has 0 atom stereocenters. The smallest absolute Gasteiger partial charge is 0.139 e. The quantitative estimate of drug-likeness (QED) is 0.118. The van der Waals surface area contributed by atoms with Crippen molar-refractivity contribution in [2.45, 2.75) is 71.8 Å². The van der Waals surface area contributed by atoms with E-state index in [1.54, 1.807) is 67.0 Å². The van der Waals surface area contributed by atoms with Crippen LogP contribution in [0.15, 0.2) is 102 Å². The summed E-state index contributed by atoms with van der Waals surface area (Å²) in [6.07, 6.45) is 4.01. The second-order valence-electron chi connectivity index (χ2n) is 13.8. The van der Waals surface area contributed by atoms with Gasteiger partial charge in [-0.2, -0.15) is 0 Å². The van der Waals surface area contributed by atoms with Crippen LogP contribution in [0, 0.1) is 37.6 Å². The average molecular weight is 892 g/mol. The number of benzene rings is 3. The van der Waals surface area contributed by atoms with Gasteiger partial charge >= 0.3 is 0 Å². The molecule has 1 fully saturated rings. The van der Waals surface area contributed by atoms with Crippen LogP contribution < -0.4 is 5.19 Å². The van der Waals surface area contributed by atoms with Crippen LogP contribution >= 0.6 is 0 Å². The summed E-state index contributed by atoms with van der Waals surface area (Å²) < 4.78 is 101. The van der Waals surface area contributed by atoms with E-state index in [-0.39, 0.29) is 48.5 Å². The van der Waals surface area contributed by atoms with Crippen LogP contribution in [-0.2, 0) is 32.9 Å². The Morgan fingerprint density at radius 1 is 0.885 bits per heavy atom. The van der Waals surface area contributed by atoms with Gasteiger partial charge in [0.2, 0.25) is 0 Å². The fraction of sp³-hybridized carbons (Fsp3) is 0.267. The molecule has 0 N–H and O–H groups in total. The number of halogens is 1. The molecule has 0 amide bonds. The third-order valence-corrected chi connectivity index (χ3v) is 10.9. The Kier molecular flexibility index (Phi) is 8.22. The second kappa shape index (κ2) is 16.2. The number of rotatable bonds is 7. The minimum absolute atomic E-state index is 0. The number of hydrogen-bond donors (Lipinski definition) is 0. The van der Waals surface area contributed by atoms with E-state index in [9.17, 15) is 4.39 Å². The molecule has 4 heterocycles. The largest absolute Gasteiger partial charge is 0.499 e. The third kappa shape index (κ3) is 8.66. The van der Waals surface area contributed by atoms with Crippen molar-refractivity contribution < 1.29 is 42.6 Å². The summed E-state index contributed by atoms with van der Waals surface area (Å²) in [6, 6.07) is 28.6. The van der Waals surface area contributed by atoms with E-state index in [1.165, 1.54) is 12.1 Å². The van der Waals surface area contributed by atoms with Crippen LogP contribution in [0.25, 0.3) is 44.6 Å². The predicted molar refractivity (Wildman–Crippen MR) is 209 cm³/mol. The van der Waals surface area contributed by atoms with Gasteiger partial charge in [-0.3, -0.25) is 9.37 Å². The average Bonchev–Trinajstić information content (AvgIpc) is 3.89. The molecule has 0 saturated heterocycles. The monoisotopic (exact) mass is 892 g/mol. The zero-order chi connectivity index (χ0) is 44.1. The first-order valence-corrected chi connectivity index (χ1v) is 20.6. The number of aromatic nitrogens is 3. The number of aryl methyl sites for hydroxylation is 2. The van der Waals surface area contributed by atoms with Gasteiger partial charge in [0.05, 0.1) is 19.2 Å². The number of pyridine rings is 3. The van der Waals surface area contributed by atoms with E-state index >= 15 is 0 Å². The molecule has 4 nitrogen and oxygen atoms in total. The molecule has 7 heteroatoms. The summed E-state index contributed by atoms with van der Waals surface area (Å²) >= 11 is 0. The van der Waals surface area contributed by atoms with Crippen molar-refractivity contribution in [3.63, 3.8) is 0 Å². The molecule has 0 aliphatic heterocycles. The van der Waals surface area contributed by atoms with Crippen LogP contribution in [0.3, 0.4) is 0 Å². The Bertz CT molecular complexity index is 2710. The summed E-state index contributed by atoms with van der Waals surface area (Å²) in [5.41, 5.74) is 4.55. The summed E-state index contributed by atoms with van der Waals surface area (Å²) in [6.45, 7) is 1.58. The molecule has 1 aliphatic rings. The minimum atomic E-state index is -2.43. The van der Waals surface area contributed by atoms with Crippen molar-refractivity contribution in [1.82, 2.24) is 15.0 Å². The van der Waals surface area contributed by atoms with E-state index < -0.39 is 40.3 Å². The Balaban J connectivity index is 0.000000204. The first kappa shape index (κ1) is 26.5. The molecule has 267 valence electrons. The van der Waals surface area contributed by atoms with E-state index in [2.05, 4.69) is 46.7 Å². The van der Waals surface area contributed by atoms with Crippen LogP contribution in [0.5, 0.6) is 0 Å². The number of nitrogens with zero attached hydrogens (tertiary/aromatic N) is 3. The van der Waals surface area contributed by atoms with Gasteiger partial charge in [-0.25, -0.2) is 0 Å². The molecule has 0 bridgehead atoms. The molecule has 4 aromatic heterocycles. The molecular weight excluding hydrogens is 838 g/mol. The number of furan rings is 1. The third-order valence-electron chi connectivity index (χ3n) is 8.92. The van der Waals surface area contributed by atoms with Crippen molar-refractivity contribution in [2.24, 2.45) is 5.92 Å². The molecule has 52 heavy (non-hydrogen) atoms. The van der Waals surface area contributed by atoms with Gasteiger partial charge < -0.3 is 14.4 Å². The normalized spacial score (nSPS) is 17.1. The number of hydrogen-bond acceptors (Lipinski definition) is 4. The Labute approximate surface area is 335 Å². The van der Waals surface area contributed by atoms with Crippen LogP contribution in [-0.4, -0.2) is 23.0 Å². The van der Waals surface area contributed by atoms with Gasteiger partial charge in [0, 0.05) is 57.7 Å². The zero-order valence-electron chi connectivity index (χ0n) is 39.1. The summed E-state index contributed by atoms with van der Waals surface area (Å²) in [5, 5.41) is 1.53. The molecule has 0 spiro atoms. The molecule has 7 aromatic rings. The standard InChI is InChI=1S/C23H21N2O.C22H23FNSi.Ir/c1-15-6-8-22-23(25-15)19-14-18(7-9-21(19)26-22)20-13-17(10-11-24-20)12-16-4-2-3-5-16;1-16-10-11-19(20(23)12-16)21-14-18(13-17-8-6-5-7-9-17)22(15-24-21)25(2,3)4;/h6,8-11,13-14,16H,2-5,12H2,1H3;5-10,12,14-15H,13H2,1-4H3;/q2*-1;/i1D3,12D2;1D3,13D2;.